The van der Waals surface area contributed by atoms with Gasteiger partial charge in [-0.25, -0.2) is 13.4 Å². The number of carbonyl (C=O) groups is 1. The van der Waals surface area contributed by atoms with Crippen LogP contribution in [0.1, 0.15) is 21.6 Å². The van der Waals surface area contributed by atoms with Gasteiger partial charge in [-0.05, 0) is 37.1 Å². The minimum atomic E-state index is -3.98. The van der Waals surface area contributed by atoms with Crippen molar-refractivity contribution in [1.29, 1.82) is 0 Å². The predicted molar refractivity (Wildman–Crippen MR) is 93.5 cm³/mol. The van der Waals surface area contributed by atoms with E-state index in [1.165, 1.54) is 12.1 Å². The van der Waals surface area contributed by atoms with Gasteiger partial charge in [0.05, 0.1) is 21.6 Å². The Morgan fingerprint density at radius 1 is 1.12 bits per heavy atom. The average molecular weight is 424 g/mol. The molecule has 0 atom stereocenters. The minimum Gasteiger partial charge on any atom is -0.543 e. The van der Waals surface area contributed by atoms with Crippen LogP contribution >= 0.6 is 34.8 Å². The van der Waals surface area contributed by atoms with Crippen LogP contribution in [0.2, 0.25) is 15.2 Å². The summed E-state index contributed by atoms with van der Waals surface area (Å²) in [6.07, 6.45) is 0. The van der Waals surface area contributed by atoms with E-state index in [9.17, 15) is 18.3 Å². The minimum absolute atomic E-state index is 0.00405. The van der Waals surface area contributed by atoms with Crippen LogP contribution in [0.3, 0.4) is 0 Å². The van der Waals surface area contributed by atoms with Crippen LogP contribution in [0.25, 0.3) is 0 Å². The van der Waals surface area contributed by atoms with Crippen LogP contribution in [-0.4, -0.2) is 19.4 Å². The van der Waals surface area contributed by atoms with Crippen LogP contribution in [0.15, 0.2) is 23.1 Å². The number of pyridine rings is 1. The van der Waals surface area contributed by atoms with E-state index in [0.29, 0.717) is 0 Å². The summed E-state index contributed by atoms with van der Waals surface area (Å²) in [4.78, 5) is 16.5. The van der Waals surface area contributed by atoms with Crippen LogP contribution in [0.4, 0.5) is 5.69 Å². The molecule has 0 unspecified atom stereocenters. The quantitative estimate of drug-likeness (QED) is 0.564. The third-order valence-corrected chi connectivity index (χ3v) is 5.68. The van der Waals surface area contributed by atoms with E-state index in [0.717, 1.165) is 11.1 Å². The Bertz CT molecular complexity index is 964. The van der Waals surface area contributed by atoms with Crippen LogP contribution in [0, 0.1) is 13.8 Å². The number of nitrogens with one attached hydrogen (secondary N) is 2. The monoisotopic (exact) mass is 422 g/mol. The third-order valence-electron chi connectivity index (χ3n) is 3.33. The first-order valence-corrected chi connectivity index (χ1v) is 9.27. The van der Waals surface area contributed by atoms with Crippen molar-refractivity contribution in [2.75, 3.05) is 5.43 Å². The lowest BCUT2D eigenvalue weighted by atomic mass is 10.1. The first kappa shape index (κ1) is 19.7. The number of anilines is 1. The molecule has 1 heterocycles. The largest absolute Gasteiger partial charge is 0.543 e. The number of sulfonamides is 1. The molecule has 0 fully saturated rings. The Morgan fingerprint density at radius 3 is 2.32 bits per heavy atom. The van der Waals surface area contributed by atoms with Gasteiger partial charge in [0, 0.05) is 0 Å². The van der Waals surface area contributed by atoms with Crippen molar-refractivity contribution in [2.45, 2.75) is 18.7 Å². The van der Waals surface area contributed by atoms with Gasteiger partial charge >= 0.3 is 0 Å². The smallest absolute Gasteiger partial charge is 0.257 e. The highest BCUT2D eigenvalue weighted by Crippen LogP contribution is 2.36. The number of aromatic nitrogens is 1. The number of hydrazine groups is 1. The second kappa shape index (κ2) is 7.35. The number of hydrogen-bond acceptors (Lipinski definition) is 6. The molecule has 0 saturated carbocycles. The number of benzene rings is 1. The highest BCUT2D eigenvalue weighted by atomic mass is 35.5. The fourth-order valence-corrected chi connectivity index (χ4v) is 3.42. The Hall–Kier alpha value is -1.58. The molecule has 2 rings (SSSR count). The maximum absolute atomic E-state index is 12.4. The van der Waals surface area contributed by atoms with Gasteiger partial charge in [-0.2, -0.15) is 0 Å². The first-order chi connectivity index (χ1) is 11.5. The molecule has 2 aromatic rings. The first-order valence-electron chi connectivity index (χ1n) is 6.65. The molecule has 25 heavy (non-hydrogen) atoms. The molecule has 1 aromatic heterocycles. The van der Waals surface area contributed by atoms with Crippen molar-refractivity contribution in [3.8, 4) is 0 Å². The maximum Gasteiger partial charge on any atom is 0.257 e. The van der Waals surface area contributed by atoms with Gasteiger partial charge in [-0.3, -0.25) is 0 Å². The Kier molecular flexibility index (Phi) is 5.80. The zero-order valence-corrected chi connectivity index (χ0v) is 15.9. The molecule has 134 valence electrons. The average Bonchev–Trinajstić information content (AvgIpc) is 2.53. The normalized spacial score (nSPS) is 11.4. The molecule has 2 N–H and O–H groups in total. The summed E-state index contributed by atoms with van der Waals surface area (Å²) in [7, 11) is -3.98. The van der Waals surface area contributed by atoms with Crippen molar-refractivity contribution < 1.29 is 18.3 Å². The number of aromatic carboxylic acids is 1. The number of carbonyl (C=O) groups excluding carboxylic acids is 1. The second-order valence-corrected chi connectivity index (χ2v) is 7.81. The lowest BCUT2D eigenvalue weighted by Crippen LogP contribution is -2.31. The maximum atomic E-state index is 12.4. The Balaban J connectivity index is 2.37. The van der Waals surface area contributed by atoms with Gasteiger partial charge in [0.25, 0.3) is 10.0 Å². The van der Waals surface area contributed by atoms with E-state index < -0.39 is 26.7 Å². The number of aryl methyl sites for hydroxylation is 2. The molecule has 0 spiro atoms. The number of carboxylic acids is 1. The van der Waals surface area contributed by atoms with Crippen molar-refractivity contribution >= 4 is 56.5 Å². The zero-order valence-electron chi connectivity index (χ0n) is 12.9. The topological polar surface area (TPSA) is 111 Å². The summed E-state index contributed by atoms with van der Waals surface area (Å²) in [6.45, 7) is 3.61. The molecule has 1 aromatic carbocycles. The van der Waals surface area contributed by atoms with Crippen LogP contribution in [-0.2, 0) is 10.0 Å². The number of carboxylic acid groups (broad SMARTS) is 1. The summed E-state index contributed by atoms with van der Waals surface area (Å²) in [5, 5.41) is 9.93. The summed E-state index contributed by atoms with van der Waals surface area (Å²) < 4.78 is 24.7. The standard InChI is InChI=1S/C14H12Cl3N3O4S/c1-6-3-4-8(5-7(6)2)25(23,24)20-19-11-9(15)12(14(21)22)18-13(17)10(11)16/h3-5,20H,1-2H3,(H,18,19)(H,21,22)/p-1. The van der Waals surface area contributed by atoms with E-state index in [1.807, 2.05) is 6.92 Å². The molecular formula is C14H11Cl3N3O4S-. The van der Waals surface area contributed by atoms with E-state index in [-0.39, 0.29) is 20.8 Å². The van der Waals surface area contributed by atoms with Gasteiger partial charge in [0.1, 0.15) is 10.7 Å². The highest BCUT2D eigenvalue weighted by molar-refractivity contribution is 7.89. The molecule has 0 saturated heterocycles. The second-order valence-electron chi connectivity index (χ2n) is 5.02. The SMILES string of the molecule is Cc1ccc(S(=O)(=O)NNc2c(Cl)c(Cl)nc(C(=O)[O-])c2Cl)cc1C. The summed E-state index contributed by atoms with van der Waals surface area (Å²) in [6, 6.07) is 4.55. The van der Waals surface area contributed by atoms with Gasteiger partial charge < -0.3 is 15.3 Å². The Morgan fingerprint density at radius 2 is 1.76 bits per heavy atom. The van der Waals surface area contributed by atoms with Gasteiger partial charge in [0.15, 0.2) is 5.15 Å². The number of halogens is 3. The summed E-state index contributed by atoms with van der Waals surface area (Å²) in [5.41, 5.74) is 3.05. The van der Waals surface area contributed by atoms with E-state index >= 15 is 0 Å². The van der Waals surface area contributed by atoms with Crippen LogP contribution in [0.5, 0.6) is 0 Å². The van der Waals surface area contributed by atoms with Crippen molar-refractivity contribution in [3.63, 3.8) is 0 Å². The third kappa shape index (κ3) is 4.16. The molecule has 0 aliphatic carbocycles. The number of rotatable bonds is 5. The number of hydrogen-bond donors (Lipinski definition) is 2. The van der Waals surface area contributed by atoms with E-state index in [4.69, 9.17) is 34.8 Å². The van der Waals surface area contributed by atoms with E-state index in [1.54, 1.807) is 13.0 Å². The molecular weight excluding hydrogens is 413 g/mol. The highest BCUT2D eigenvalue weighted by Gasteiger charge is 2.20. The summed E-state index contributed by atoms with van der Waals surface area (Å²) in [5.74, 6) is -1.69. The Labute approximate surface area is 158 Å². The molecule has 7 nitrogen and oxygen atoms in total. The molecule has 0 aliphatic heterocycles. The van der Waals surface area contributed by atoms with Gasteiger partial charge in [-0.1, -0.05) is 40.9 Å². The zero-order chi connectivity index (χ0) is 18.9. The summed E-state index contributed by atoms with van der Waals surface area (Å²) >= 11 is 17.5. The van der Waals surface area contributed by atoms with Crippen LogP contribution < -0.4 is 15.4 Å². The van der Waals surface area contributed by atoms with Crippen molar-refractivity contribution in [2.24, 2.45) is 0 Å². The lowest BCUT2D eigenvalue weighted by molar-refractivity contribution is -0.255. The molecule has 0 amide bonds. The molecule has 11 heteroatoms. The molecule has 0 aliphatic rings. The lowest BCUT2D eigenvalue weighted by Gasteiger charge is -2.16. The molecule has 0 bridgehead atoms. The van der Waals surface area contributed by atoms with Gasteiger partial charge in [-0.15, -0.1) is 4.83 Å². The van der Waals surface area contributed by atoms with E-state index in [2.05, 4.69) is 15.2 Å². The predicted octanol–water partition coefficient (Wildman–Crippen LogP) is 2.33. The fraction of sp³-hybridized carbons (Fsp3) is 0.143. The van der Waals surface area contributed by atoms with Crippen molar-refractivity contribution in [1.82, 2.24) is 9.82 Å². The van der Waals surface area contributed by atoms with Gasteiger partial charge in [0.2, 0.25) is 0 Å². The fourth-order valence-electron chi connectivity index (χ4n) is 1.82. The number of nitrogens with zero attached hydrogens (tertiary/aromatic N) is 1. The van der Waals surface area contributed by atoms with Crippen molar-refractivity contribution in [3.05, 3.63) is 50.2 Å². The molecule has 0 radical (unpaired) electrons.